The maximum Gasteiger partial charge on any atom is 0.190 e. The van der Waals surface area contributed by atoms with E-state index < -0.39 is 29.5 Å². The van der Waals surface area contributed by atoms with Gasteiger partial charge in [-0.3, -0.25) is 9.59 Å². The van der Waals surface area contributed by atoms with Crippen LogP contribution in [0.15, 0.2) is 0 Å². The van der Waals surface area contributed by atoms with Crippen molar-refractivity contribution in [3.63, 3.8) is 0 Å². The summed E-state index contributed by atoms with van der Waals surface area (Å²) in [5, 5.41) is 31.7. The third-order valence-corrected chi connectivity index (χ3v) is 8.96. The molecule has 4 aliphatic rings. The van der Waals surface area contributed by atoms with Crippen molar-refractivity contribution >= 4 is 17.9 Å². The fourth-order valence-corrected chi connectivity index (χ4v) is 7.65. The summed E-state index contributed by atoms with van der Waals surface area (Å²) >= 11 is 0. The lowest BCUT2D eigenvalue weighted by molar-refractivity contribution is -0.199. The molecule has 27 heavy (non-hydrogen) atoms. The Morgan fingerprint density at radius 1 is 1.26 bits per heavy atom. The Labute approximate surface area is 159 Å². The zero-order valence-corrected chi connectivity index (χ0v) is 15.9. The minimum Gasteiger partial charge on any atom is -0.393 e. The largest absolute Gasteiger partial charge is 0.393 e. The van der Waals surface area contributed by atoms with Crippen LogP contribution in [0, 0.1) is 34.5 Å². The molecule has 0 aromatic heterocycles. The van der Waals surface area contributed by atoms with E-state index in [0.29, 0.717) is 31.3 Å². The SMILES string of the molecule is C[C@]12CCC(=O)C[C@H]1CC[C@@H]1[C@@H]2[C@@H](O)C[C@@]2(C=O)[C@H]1CC[C@]2(O)C(=O)CO. The molecule has 3 N–H and O–H groups in total. The summed E-state index contributed by atoms with van der Waals surface area (Å²) in [6.45, 7) is 1.38. The molecule has 4 rings (SSSR count). The molecule has 4 fully saturated rings. The molecular weight excluding hydrogens is 348 g/mol. The number of carbonyl (C=O) groups is 3. The van der Waals surface area contributed by atoms with E-state index in [0.717, 1.165) is 19.3 Å². The molecule has 0 saturated heterocycles. The number of rotatable bonds is 3. The third-order valence-electron chi connectivity index (χ3n) is 8.96. The van der Waals surface area contributed by atoms with Crippen molar-refractivity contribution in [3.05, 3.63) is 0 Å². The van der Waals surface area contributed by atoms with Gasteiger partial charge in [-0.1, -0.05) is 6.92 Å². The van der Waals surface area contributed by atoms with E-state index >= 15 is 0 Å². The van der Waals surface area contributed by atoms with Crippen molar-refractivity contribution in [1.29, 1.82) is 0 Å². The highest BCUT2D eigenvalue weighted by Gasteiger charge is 2.70. The zero-order valence-electron chi connectivity index (χ0n) is 15.9. The standard InChI is InChI=1S/C21H30O6/c1-19-6-4-13(24)8-12(19)2-3-14-15-5-7-21(27,17(26)10-22)20(15,11-23)9-16(25)18(14)19/h11-12,14-16,18,22,25,27H,2-10H2,1H3/t12-,14+,15+,16+,18-,19+,20-,21+/m1/s1. The maximum atomic E-state index is 12.4. The van der Waals surface area contributed by atoms with E-state index in [9.17, 15) is 29.7 Å². The number of aliphatic hydroxyl groups is 3. The molecule has 6 heteroatoms. The summed E-state index contributed by atoms with van der Waals surface area (Å²) in [4.78, 5) is 36.6. The van der Waals surface area contributed by atoms with Crippen molar-refractivity contribution in [2.75, 3.05) is 6.61 Å². The summed E-state index contributed by atoms with van der Waals surface area (Å²) in [6.07, 6.45) is 4.22. The van der Waals surface area contributed by atoms with Crippen molar-refractivity contribution in [1.82, 2.24) is 0 Å². The summed E-state index contributed by atoms with van der Waals surface area (Å²) < 4.78 is 0. The first-order valence-corrected chi connectivity index (χ1v) is 10.3. The number of aliphatic hydroxyl groups excluding tert-OH is 2. The molecule has 6 nitrogen and oxygen atoms in total. The van der Waals surface area contributed by atoms with Gasteiger partial charge in [-0.25, -0.2) is 0 Å². The second-order valence-electron chi connectivity index (χ2n) is 9.73. The molecule has 0 aliphatic heterocycles. The molecule has 0 aromatic carbocycles. The van der Waals surface area contributed by atoms with Gasteiger partial charge in [0.05, 0.1) is 11.5 Å². The predicted octanol–water partition coefficient (Wildman–Crippen LogP) is 1.04. The Morgan fingerprint density at radius 2 is 2.00 bits per heavy atom. The summed E-state index contributed by atoms with van der Waals surface area (Å²) in [6, 6.07) is 0. The molecule has 4 aliphatic carbocycles. The first-order valence-electron chi connectivity index (χ1n) is 10.3. The number of hydrogen-bond donors (Lipinski definition) is 3. The Bertz CT molecular complexity index is 676. The van der Waals surface area contributed by atoms with E-state index in [1.54, 1.807) is 0 Å². The molecule has 150 valence electrons. The number of aldehydes is 1. The number of fused-ring (bicyclic) bond motifs is 5. The van der Waals surface area contributed by atoms with Crippen molar-refractivity contribution < 1.29 is 29.7 Å². The zero-order chi connectivity index (χ0) is 19.6. The maximum absolute atomic E-state index is 12.4. The molecular formula is C21H30O6. The molecule has 0 radical (unpaired) electrons. The molecule has 0 amide bonds. The first kappa shape index (κ1) is 19.2. The lowest BCUT2D eigenvalue weighted by Gasteiger charge is -2.61. The Kier molecular flexibility index (Phi) is 4.41. The molecule has 0 unspecified atom stereocenters. The van der Waals surface area contributed by atoms with E-state index in [-0.39, 0.29) is 41.9 Å². The van der Waals surface area contributed by atoms with Gasteiger partial charge in [-0.2, -0.15) is 0 Å². The van der Waals surface area contributed by atoms with Crippen LogP contribution in [0.3, 0.4) is 0 Å². The highest BCUT2D eigenvalue weighted by atomic mass is 16.3. The van der Waals surface area contributed by atoms with Crippen molar-refractivity contribution in [2.24, 2.45) is 34.5 Å². The third kappa shape index (κ3) is 2.33. The van der Waals surface area contributed by atoms with Gasteiger partial charge < -0.3 is 20.1 Å². The Hall–Kier alpha value is -1.11. The number of ketones is 2. The average Bonchev–Trinajstić information content (AvgIpc) is 2.95. The second kappa shape index (κ2) is 6.19. The van der Waals surface area contributed by atoms with Gasteiger partial charge in [0.1, 0.15) is 24.3 Å². The lowest BCUT2D eigenvalue weighted by Crippen LogP contribution is -2.64. The van der Waals surface area contributed by atoms with E-state index in [4.69, 9.17) is 0 Å². The highest BCUT2D eigenvalue weighted by Crippen LogP contribution is 2.67. The lowest BCUT2D eigenvalue weighted by atomic mass is 9.43. The van der Waals surface area contributed by atoms with Crippen LogP contribution in [0.4, 0.5) is 0 Å². The van der Waals surface area contributed by atoms with Crippen LogP contribution >= 0.6 is 0 Å². The van der Waals surface area contributed by atoms with Crippen LogP contribution < -0.4 is 0 Å². The Morgan fingerprint density at radius 3 is 2.67 bits per heavy atom. The van der Waals surface area contributed by atoms with Crippen molar-refractivity contribution in [3.8, 4) is 0 Å². The summed E-state index contributed by atoms with van der Waals surface area (Å²) in [7, 11) is 0. The van der Waals surface area contributed by atoms with Crippen LogP contribution in [0.25, 0.3) is 0 Å². The van der Waals surface area contributed by atoms with Gasteiger partial charge in [-0.15, -0.1) is 0 Å². The normalized spacial score (nSPS) is 51.9. The average molecular weight is 378 g/mol. The summed E-state index contributed by atoms with van der Waals surface area (Å²) in [5.74, 6) is -0.293. The van der Waals surface area contributed by atoms with E-state index in [1.165, 1.54) is 0 Å². The molecule has 0 bridgehead atoms. The highest BCUT2D eigenvalue weighted by molar-refractivity contribution is 5.93. The minimum atomic E-state index is -1.89. The smallest absolute Gasteiger partial charge is 0.190 e. The van der Waals surface area contributed by atoms with Gasteiger partial charge in [0.25, 0.3) is 0 Å². The van der Waals surface area contributed by atoms with Gasteiger partial charge in [0, 0.05) is 12.8 Å². The molecule has 4 saturated carbocycles. The fourth-order valence-electron chi connectivity index (χ4n) is 7.65. The van der Waals surface area contributed by atoms with Gasteiger partial charge in [0.2, 0.25) is 0 Å². The fraction of sp³-hybridized carbons (Fsp3) is 0.857. The topological polar surface area (TPSA) is 112 Å². The molecule has 0 aromatic rings. The first-order chi connectivity index (χ1) is 12.7. The van der Waals surface area contributed by atoms with Gasteiger partial charge >= 0.3 is 0 Å². The minimum absolute atomic E-state index is 0.0194. The molecule has 0 heterocycles. The number of hydrogen-bond acceptors (Lipinski definition) is 6. The molecule has 8 atom stereocenters. The van der Waals surface area contributed by atoms with Crippen LogP contribution in [-0.4, -0.2) is 51.5 Å². The van der Waals surface area contributed by atoms with Gasteiger partial charge in [-0.05, 0) is 67.6 Å². The van der Waals surface area contributed by atoms with Gasteiger partial charge in [0.15, 0.2) is 5.78 Å². The van der Waals surface area contributed by atoms with Crippen molar-refractivity contribution in [2.45, 2.75) is 70.0 Å². The number of Topliss-reactive ketones (excluding diaryl/α,β-unsaturated/α-hetero) is 2. The summed E-state index contributed by atoms with van der Waals surface area (Å²) in [5.41, 5.74) is -3.35. The van der Waals surface area contributed by atoms with Crippen LogP contribution in [-0.2, 0) is 14.4 Å². The quantitative estimate of drug-likeness (QED) is 0.633. The monoisotopic (exact) mass is 378 g/mol. The number of carbonyl (C=O) groups excluding carboxylic acids is 3. The van der Waals surface area contributed by atoms with E-state index in [2.05, 4.69) is 6.92 Å². The van der Waals surface area contributed by atoms with Crippen LogP contribution in [0.1, 0.15) is 58.3 Å². The van der Waals surface area contributed by atoms with Crippen LogP contribution in [0.2, 0.25) is 0 Å². The Balaban J connectivity index is 1.74. The predicted molar refractivity (Wildman–Crippen MR) is 95.6 cm³/mol. The van der Waals surface area contributed by atoms with Crippen LogP contribution in [0.5, 0.6) is 0 Å². The second-order valence-corrected chi connectivity index (χ2v) is 9.73. The van der Waals surface area contributed by atoms with E-state index in [1.807, 2.05) is 0 Å². The molecule has 0 spiro atoms.